The molecule has 1 saturated heterocycles. The number of likely N-dealkylation sites (tertiary alicyclic amines) is 1. The van der Waals surface area contributed by atoms with Crippen LogP contribution in [-0.2, 0) is 0 Å². The highest BCUT2D eigenvalue weighted by atomic mass is 19.3. The predicted octanol–water partition coefficient (Wildman–Crippen LogP) is 5.06. The number of methoxy groups -OCH3 is 2. The lowest BCUT2D eigenvalue weighted by atomic mass is 10.00. The summed E-state index contributed by atoms with van der Waals surface area (Å²) in [5.41, 5.74) is 1.43. The second-order valence-corrected chi connectivity index (χ2v) is 6.88. The van der Waals surface area contributed by atoms with Crippen LogP contribution in [0.25, 0.3) is 0 Å². The molecule has 2 aromatic carbocycles. The van der Waals surface area contributed by atoms with E-state index in [1.807, 2.05) is 29.2 Å². The summed E-state index contributed by atoms with van der Waals surface area (Å²) in [6.45, 7) is -2.33. The first-order valence-electron chi connectivity index (χ1n) is 9.61. The zero-order valence-electron chi connectivity index (χ0n) is 16.6. The number of hydrogen-bond donors (Lipinski definition) is 0. The topological polar surface area (TPSA) is 48.0 Å². The molecular formula is C22H25F2NO4. The van der Waals surface area contributed by atoms with Crippen molar-refractivity contribution in [1.29, 1.82) is 0 Å². The maximum Gasteiger partial charge on any atom is 0.387 e. The van der Waals surface area contributed by atoms with Crippen LogP contribution in [0.1, 0.15) is 47.6 Å². The maximum atomic E-state index is 13.3. The molecule has 7 heteroatoms. The van der Waals surface area contributed by atoms with Gasteiger partial charge in [0.2, 0.25) is 0 Å². The van der Waals surface area contributed by atoms with E-state index >= 15 is 0 Å². The van der Waals surface area contributed by atoms with Crippen molar-refractivity contribution in [2.45, 2.75) is 38.3 Å². The van der Waals surface area contributed by atoms with Crippen molar-refractivity contribution in [3.05, 3.63) is 53.6 Å². The highest BCUT2D eigenvalue weighted by Gasteiger charge is 2.28. The molecule has 3 rings (SSSR count). The van der Waals surface area contributed by atoms with Gasteiger partial charge < -0.3 is 19.1 Å². The fraction of sp³-hybridized carbons (Fsp3) is 0.409. The Hall–Kier alpha value is -2.83. The van der Waals surface area contributed by atoms with Gasteiger partial charge in [-0.2, -0.15) is 8.78 Å². The zero-order valence-corrected chi connectivity index (χ0v) is 16.6. The summed E-state index contributed by atoms with van der Waals surface area (Å²) in [5, 5.41) is 0. The smallest absolute Gasteiger partial charge is 0.387 e. The second-order valence-electron chi connectivity index (χ2n) is 6.88. The monoisotopic (exact) mass is 405 g/mol. The van der Waals surface area contributed by atoms with E-state index in [1.54, 1.807) is 7.11 Å². The number of ether oxygens (including phenoxy) is 3. The molecule has 0 aromatic heterocycles. The zero-order chi connectivity index (χ0) is 20.8. The third-order valence-electron chi connectivity index (χ3n) is 5.14. The van der Waals surface area contributed by atoms with Crippen LogP contribution in [0.2, 0.25) is 0 Å². The van der Waals surface area contributed by atoms with Crippen LogP contribution in [0, 0.1) is 0 Å². The van der Waals surface area contributed by atoms with Gasteiger partial charge in [0.15, 0.2) is 11.5 Å². The van der Waals surface area contributed by atoms with E-state index in [0.717, 1.165) is 37.0 Å². The number of alkyl halides is 2. The number of amides is 1. The first-order valence-corrected chi connectivity index (χ1v) is 9.61. The molecule has 0 spiro atoms. The minimum Gasteiger partial charge on any atom is -0.497 e. The van der Waals surface area contributed by atoms with Crippen LogP contribution in [0.4, 0.5) is 8.78 Å². The van der Waals surface area contributed by atoms with Crippen molar-refractivity contribution < 1.29 is 27.8 Å². The fourth-order valence-corrected chi connectivity index (χ4v) is 3.68. The number of nitrogens with zero attached hydrogens (tertiary/aromatic N) is 1. The lowest BCUT2D eigenvalue weighted by Crippen LogP contribution is -2.34. The lowest BCUT2D eigenvalue weighted by Gasteiger charge is -2.31. The Bertz CT molecular complexity index is 826. The average molecular weight is 405 g/mol. The van der Waals surface area contributed by atoms with E-state index in [9.17, 15) is 13.6 Å². The molecule has 1 aliphatic heterocycles. The van der Waals surface area contributed by atoms with Crippen molar-refractivity contribution in [2.24, 2.45) is 0 Å². The standard InChI is InChI=1S/C22H25F2NO4/c1-27-17-10-7-15(8-11-17)18-6-4-3-5-13-25(18)21(26)16-9-12-19(29-22(23)24)20(14-16)28-2/h7-12,14,18,22H,3-6,13H2,1-2H3/t18-/m0/s1. The van der Waals surface area contributed by atoms with Gasteiger partial charge >= 0.3 is 6.61 Å². The molecule has 1 amide bonds. The Morgan fingerprint density at radius 1 is 1.00 bits per heavy atom. The Morgan fingerprint density at radius 2 is 1.76 bits per heavy atom. The molecule has 1 heterocycles. The largest absolute Gasteiger partial charge is 0.497 e. The molecule has 0 saturated carbocycles. The summed E-state index contributed by atoms with van der Waals surface area (Å²) in [6, 6.07) is 12.0. The van der Waals surface area contributed by atoms with E-state index < -0.39 is 6.61 Å². The van der Waals surface area contributed by atoms with Gasteiger partial charge in [0, 0.05) is 12.1 Å². The number of benzene rings is 2. The van der Waals surface area contributed by atoms with Gasteiger partial charge in [-0.25, -0.2) is 0 Å². The quantitative estimate of drug-likeness (QED) is 0.674. The number of carbonyl (C=O) groups is 1. The summed E-state index contributed by atoms with van der Waals surface area (Å²) < 4.78 is 40.0. The number of rotatable bonds is 6. The molecular weight excluding hydrogens is 380 g/mol. The summed E-state index contributed by atoms with van der Waals surface area (Å²) in [4.78, 5) is 15.2. The Labute approximate surface area is 169 Å². The number of hydrogen-bond acceptors (Lipinski definition) is 4. The number of halogens is 2. The highest BCUT2D eigenvalue weighted by molar-refractivity contribution is 5.95. The van der Waals surface area contributed by atoms with E-state index in [-0.39, 0.29) is 23.4 Å². The van der Waals surface area contributed by atoms with Crippen LogP contribution >= 0.6 is 0 Å². The Kier molecular flexibility index (Phi) is 6.90. The van der Waals surface area contributed by atoms with Gasteiger partial charge in [-0.05, 0) is 48.7 Å². The third-order valence-corrected chi connectivity index (χ3v) is 5.14. The average Bonchev–Trinajstić information content (AvgIpc) is 2.99. The first-order chi connectivity index (χ1) is 14.0. The molecule has 29 heavy (non-hydrogen) atoms. The highest BCUT2D eigenvalue weighted by Crippen LogP contribution is 2.34. The van der Waals surface area contributed by atoms with Gasteiger partial charge in [0.1, 0.15) is 5.75 Å². The summed E-state index contributed by atoms with van der Waals surface area (Å²) >= 11 is 0. The van der Waals surface area contributed by atoms with Gasteiger partial charge in [0.05, 0.1) is 20.3 Å². The van der Waals surface area contributed by atoms with Crippen molar-refractivity contribution in [2.75, 3.05) is 20.8 Å². The molecule has 2 aromatic rings. The minimum atomic E-state index is -2.96. The van der Waals surface area contributed by atoms with E-state index in [4.69, 9.17) is 9.47 Å². The molecule has 0 unspecified atom stereocenters. The van der Waals surface area contributed by atoms with Gasteiger partial charge in [-0.15, -0.1) is 0 Å². The van der Waals surface area contributed by atoms with Crippen LogP contribution < -0.4 is 14.2 Å². The first kappa shape index (κ1) is 20.9. The van der Waals surface area contributed by atoms with Crippen molar-refractivity contribution >= 4 is 5.91 Å². The summed E-state index contributed by atoms with van der Waals surface area (Å²) in [7, 11) is 2.97. The number of carbonyl (C=O) groups excluding carboxylic acids is 1. The van der Waals surface area contributed by atoms with Gasteiger partial charge in [-0.1, -0.05) is 25.0 Å². The summed E-state index contributed by atoms with van der Waals surface area (Å²) in [6.07, 6.45) is 3.87. The Balaban J connectivity index is 1.89. The van der Waals surface area contributed by atoms with Crippen LogP contribution in [0.5, 0.6) is 17.2 Å². The van der Waals surface area contributed by atoms with Crippen LogP contribution in [-0.4, -0.2) is 38.2 Å². The molecule has 1 aliphatic rings. The van der Waals surface area contributed by atoms with Crippen molar-refractivity contribution in [3.63, 3.8) is 0 Å². The van der Waals surface area contributed by atoms with Crippen LogP contribution in [0.3, 0.4) is 0 Å². The molecule has 0 radical (unpaired) electrons. The molecule has 0 aliphatic carbocycles. The molecule has 5 nitrogen and oxygen atoms in total. The fourth-order valence-electron chi connectivity index (χ4n) is 3.68. The van der Waals surface area contributed by atoms with Gasteiger partial charge in [-0.3, -0.25) is 4.79 Å². The third kappa shape index (κ3) is 4.96. The molecule has 0 bridgehead atoms. The van der Waals surface area contributed by atoms with Gasteiger partial charge in [0.25, 0.3) is 5.91 Å². The molecule has 1 fully saturated rings. The molecule has 0 N–H and O–H groups in total. The van der Waals surface area contributed by atoms with Crippen molar-refractivity contribution in [3.8, 4) is 17.2 Å². The lowest BCUT2D eigenvalue weighted by molar-refractivity contribution is -0.0512. The van der Waals surface area contributed by atoms with E-state index in [0.29, 0.717) is 12.1 Å². The van der Waals surface area contributed by atoms with Crippen LogP contribution in [0.15, 0.2) is 42.5 Å². The molecule has 1 atom stereocenters. The second kappa shape index (κ2) is 9.58. The van der Waals surface area contributed by atoms with E-state index in [2.05, 4.69) is 4.74 Å². The predicted molar refractivity (Wildman–Crippen MR) is 105 cm³/mol. The normalized spacial score (nSPS) is 17.0. The SMILES string of the molecule is COc1ccc([C@@H]2CCCCCN2C(=O)c2ccc(OC(F)F)c(OC)c2)cc1. The summed E-state index contributed by atoms with van der Waals surface area (Å²) in [5.74, 6) is 0.614. The maximum absolute atomic E-state index is 13.3. The minimum absolute atomic E-state index is 0.0566. The van der Waals surface area contributed by atoms with E-state index in [1.165, 1.54) is 25.3 Å². The molecule has 156 valence electrons. The Morgan fingerprint density at radius 3 is 2.41 bits per heavy atom. The van der Waals surface area contributed by atoms with Crippen molar-refractivity contribution in [1.82, 2.24) is 4.90 Å².